The van der Waals surface area contributed by atoms with Crippen LogP contribution in [0.25, 0.3) is 0 Å². The Morgan fingerprint density at radius 2 is 2.17 bits per heavy atom. The lowest BCUT2D eigenvalue weighted by molar-refractivity contribution is -0.237. The molecule has 2 aliphatic rings. The largest absolute Gasteiger partial charge is 0.505 e. The summed E-state index contributed by atoms with van der Waals surface area (Å²) in [5.74, 6) is -0.266. The van der Waals surface area contributed by atoms with E-state index in [-0.39, 0.29) is 12.0 Å². The molecule has 1 aromatic rings. The number of benzene rings is 1. The molecule has 2 saturated heterocycles. The van der Waals surface area contributed by atoms with E-state index in [0.717, 1.165) is 31.9 Å². The molecule has 2 fully saturated rings. The Morgan fingerprint density at radius 3 is 3.00 bits per heavy atom. The lowest BCUT2D eigenvalue weighted by Crippen LogP contribution is -2.35. The summed E-state index contributed by atoms with van der Waals surface area (Å²) in [6, 6.07) is 3.94. The van der Waals surface area contributed by atoms with Crippen molar-refractivity contribution in [3.05, 3.63) is 24.0 Å². The number of hydrogen-bond acceptors (Lipinski definition) is 4. The Balaban J connectivity index is 1.64. The molecule has 98 valence electrons. The molecule has 0 bridgehead atoms. The maximum atomic E-state index is 13.2. The molecule has 5 heteroatoms. The number of phenols is 1. The second-order valence-electron chi connectivity index (χ2n) is 4.66. The van der Waals surface area contributed by atoms with Crippen LogP contribution in [0.2, 0.25) is 0 Å². The van der Waals surface area contributed by atoms with Gasteiger partial charge in [0.25, 0.3) is 0 Å². The normalized spacial score (nSPS) is 31.1. The van der Waals surface area contributed by atoms with Crippen molar-refractivity contribution in [1.29, 1.82) is 0 Å². The number of fused-ring (bicyclic) bond motifs is 1. The minimum Gasteiger partial charge on any atom is -0.505 e. The van der Waals surface area contributed by atoms with Crippen LogP contribution in [-0.2, 0) is 9.47 Å². The zero-order valence-corrected chi connectivity index (χ0v) is 9.84. The number of hydrogen-bond donors (Lipinski definition) is 1. The van der Waals surface area contributed by atoms with Crippen molar-refractivity contribution >= 4 is 0 Å². The molecule has 0 aromatic heterocycles. The number of aromatic hydroxyl groups is 1. The minimum absolute atomic E-state index is 0.189. The second kappa shape index (κ2) is 4.74. The van der Waals surface area contributed by atoms with E-state index in [4.69, 9.17) is 19.3 Å². The predicted molar refractivity (Wildman–Crippen MR) is 60.6 cm³/mol. The van der Waals surface area contributed by atoms with E-state index in [1.165, 1.54) is 12.1 Å². The first-order valence-electron chi connectivity index (χ1n) is 6.14. The van der Waals surface area contributed by atoms with Gasteiger partial charge in [0.15, 0.2) is 17.9 Å². The summed E-state index contributed by atoms with van der Waals surface area (Å²) < 4.78 is 29.8. The van der Waals surface area contributed by atoms with Gasteiger partial charge in [-0.3, -0.25) is 0 Å². The van der Waals surface area contributed by atoms with Crippen LogP contribution >= 0.6 is 0 Å². The number of rotatable bonds is 2. The van der Waals surface area contributed by atoms with E-state index >= 15 is 0 Å². The average Bonchev–Trinajstić information content (AvgIpc) is 2.81. The highest BCUT2D eigenvalue weighted by Gasteiger charge is 2.36. The summed E-state index contributed by atoms with van der Waals surface area (Å²) >= 11 is 0. The van der Waals surface area contributed by atoms with Crippen molar-refractivity contribution in [2.75, 3.05) is 6.61 Å². The van der Waals surface area contributed by atoms with Crippen molar-refractivity contribution in [1.82, 2.24) is 0 Å². The Morgan fingerprint density at radius 1 is 1.28 bits per heavy atom. The van der Waals surface area contributed by atoms with Gasteiger partial charge in [0.1, 0.15) is 5.75 Å². The molecule has 4 nitrogen and oxygen atoms in total. The summed E-state index contributed by atoms with van der Waals surface area (Å²) in [5, 5.41) is 9.09. The molecule has 0 amide bonds. The van der Waals surface area contributed by atoms with E-state index in [1.54, 1.807) is 0 Å². The van der Waals surface area contributed by atoms with Crippen molar-refractivity contribution in [3.63, 3.8) is 0 Å². The second-order valence-corrected chi connectivity index (χ2v) is 4.66. The summed E-state index contributed by atoms with van der Waals surface area (Å²) in [6.45, 7) is 0.732. The molecular formula is C13H15FO4. The molecule has 0 radical (unpaired) electrons. The molecule has 1 aromatic carbocycles. The Labute approximate surface area is 104 Å². The monoisotopic (exact) mass is 254 g/mol. The molecule has 18 heavy (non-hydrogen) atoms. The van der Waals surface area contributed by atoms with Gasteiger partial charge in [-0.05, 0) is 25.0 Å². The van der Waals surface area contributed by atoms with Gasteiger partial charge < -0.3 is 19.3 Å². The quantitative estimate of drug-likeness (QED) is 0.880. The minimum atomic E-state index is -0.696. The van der Waals surface area contributed by atoms with Gasteiger partial charge in [0.2, 0.25) is 6.29 Å². The Bertz CT molecular complexity index is 437. The van der Waals surface area contributed by atoms with E-state index in [2.05, 4.69) is 0 Å². The van der Waals surface area contributed by atoms with Gasteiger partial charge in [-0.25, -0.2) is 4.39 Å². The van der Waals surface area contributed by atoms with Crippen LogP contribution in [0.4, 0.5) is 4.39 Å². The fourth-order valence-corrected chi connectivity index (χ4v) is 2.41. The van der Waals surface area contributed by atoms with Crippen molar-refractivity contribution < 1.29 is 23.7 Å². The molecule has 2 heterocycles. The topological polar surface area (TPSA) is 47.9 Å². The molecule has 3 atom stereocenters. The fourth-order valence-electron chi connectivity index (χ4n) is 2.41. The first kappa shape index (κ1) is 11.7. The fraction of sp³-hybridized carbons (Fsp3) is 0.538. The van der Waals surface area contributed by atoms with Crippen molar-refractivity contribution in [2.45, 2.75) is 31.8 Å². The Kier molecular flexibility index (Phi) is 3.09. The lowest BCUT2D eigenvalue weighted by atomic mass is 9.99. The van der Waals surface area contributed by atoms with E-state index in [9.17, 15) is 4.39 Å². The molecule has 3 rings (SSSR count). The zero-order chi connectivity index (χ0) is 12.5. The zero-order valence-electron chi connectivity index (χ0n) is 9.84. The molecule has 0 aliphatic carbocycles. The maximum absolute atomic E-state index is 13.2. The van der Waals surface area contributed by atoms with E-state index < -0.39 is 12.1 Å². The molecule has 2 aliphatic heterocycles. The highest BCUT2D eigenvalue weighted by atomic mass is 19.1. The molecule has 0 spiro atoms. The summed E-state index contributed by atoms with van der Waals surface area (Å²) in [4.78, 5) is 0. The Hall–Kier alpha value is -1.33. The first-order valence-corrected chi connectivity index (χ1v) is 6.14. The van der Waals surface area contributed by atoms with Crippen LogP contribution in [-0.4, -0.2) is 24.3 Å². The highest BCUT2D eigenvalue weighted by Crippen LogP contribution is 2.34. The summed E-state index contributed by atoms with van der Waals surface area (Å²) in [5.41, 5.74) is 0. The SMILES string of the molecule is Oc1ccc(O[C@H]2CCC3CCOC3O2)cc1F. The number of phenolic OH excluding ortho intramolecular Hbond substituents is 1. The maximum Gasteiger partial charge on any atom is 0.202 e. The summed E-state index contributed by atoms with van der Waals surface area (Å²) in [6.07, 6.45) is 2.20. The van der Waals surface area contributed by atoms with Gasteiger partial charge in [0, 0.05) is 18.4 Å². The third-order valence-electron chi connectivity index (χ3n) is 3.40. The van der Waals surface area contributed by atoms with Crippen molar-refractivity contribution in [3.8, 4) is 11.5 Å². The lowest BCUT2D eigenvalue weighted by Gasteiger charge is -2.31. The van der Waals surface area contributed by atoms with Crippen LogP contribution in [0.5, 0.6) is 11.5 Å². The van der Waals surface area contributed by atoms with Gasteiger partial charge in [-0.15, -0.1) is 0 Å². The predicted octanol–water partition coefficient (Wildman–Crippen LogP) is 2.41. The van der Waals surface area contributed by atoms with Gasteiger partial charge >= 0.3 is 0 Å². The molecule has 0 saturated carbocycles. The molecule has 1 N–H and O–H groups in total. The average molecular weight is 254 g/mol. The number of ether oxygens (including phenoxy) is 3. The third kappa shape index (κ3) is 2.28. The number of halogens is 1. The smallest absolute Gasteiger partial charge is 0.202 e. The van der Waals surface area contributed by atoms with Crippen LogP contribution in [0.3, 0.4) is 0 Å². The molecular weight excluding hydrogens is 239 g/mol. The standard InChI is InChI=1S/C13H15FO4/c14-10-7-9(2-3-11(10)15)17-12-4-1-8-5-6-16-13(8)18-12/h2-3,7-8,12-13,15H,1,4-6H2/t8?,12-,13?/m1/s1. The van der Waals surface area contributed by atoms with Gasteiger partial charge in [-0.1, -0.05) is 0 Å². The van der Waals surface area contributed by atoms with Crippen LogP contribution in [0.15, 0.2) is 18.2 Å². The van der Waals surface area contributed by atoms with Gasteiger partial charge in [0.05, 0.1) is 6.61 Å². The summed E-state index contributed by atoms with van der Waals surface area (Å²) in [7, 11) is 0. The van der Waals surface area contributed by atoms with Gasteiger partial charge in [-0.2, -0.15) is 0 Å². The first-order chi connectivity index (χ1) is 8.72. The highest BCUT2D eigenvalue weighted by molar-refractivity contribution is 5.32. The van der Waals surface area contributed by atoms with Crippen LogP contribution < -0.4 is 4.74 Å². The molecule has 2 unspecified atom stereocenters. The van der Waals surface area contributed by atoms with E-state index in [0.29, 0.717) is 11.7 Å². The van der Waals surface area contributed by atoms with Crippen LogP contribution in [0, 0.1) is 11.7 Å². The van der Waals surface area contributed by atoms with Crippen LogP contribution in [0.1, 0.15) is 19.3 Å². The third-order valence-corrected chi connectivity index (χ3v) is 3.40. The van der Waals surface area contributed by atoms with E-state index in [1.807, 2.05) is 0 Å². The van der Waals surface area contributed by atoms with Crippen molar-refractivity contribution in [2.24, 2.45) is 5.92 Å².